The number of amides is 1. The summed E-state index contributed by atoms with van der Waals surface area (Å²) in [5.74, 6) is -1.07. The van der Waals surface area contributed by atoms with Crippen LogP contribution in [0.1, 0.15) is 33.6 Å². The monoisotopic (exact) mass is 418 g/mol. The number of hydrogen-bond acceptors (Lipinski definition) is 6. The number of hydrogen-bond donors (Lipinski definition) is 1. The third-order valence-corrected chi connectivity index (χ3v) is 5.29. The second kappa shape index (κ2) is 8.90. The molecular weight excluding hydrogens is 396 g/mol. The van der Waals surface area contributed by atoms with Crippen molar-refractivity contribution in [3.05, 3.63) is 58.4 Å². The van der Waals surface area contributed by atoms with Gasteiger partial charge in [-0.1, -0.05) is 24.3 Å². The molecule has 1 atom stereocenters. The average molecular weight is 419 g/mol. The van der Waals surface area contributed by atoms with Crippen LogP contribution in [0.15, 0.2) is 47.2 Å². The molecule has 29 heavy (non-hydrogen) atoms. The summed E-state index contributed by atoms with van der Waals surface area (Å²) in [6.07, 6.45) is 2.63. The number of rotatable bonds is 5. The van der Waals surface area contributed by atoms with Gasteiger partial charge in [0.2, 0.25) is 6.29 Å². The lowest BCUT2D eigenvalue weighted by atomic mass is 9.82. The molecule has 0 radical (unpaired) electrons. The Labute approximate surface area is 175 Å². The molecule has 8 heteroatoms. The molecule has 1 aromatic carbocycles. The molecule has 0 spiro atoms. The highest BCUT2D eigenvalue weighted by molar-refractivity contribution is 6.28. The van der Waals surface area contributed by atoms with Crippen molar-refractivity contribution in [2.45, 2.75) is 19.1 Å². The van der Waals surface area contributed by atoms with E-state index in [2.05, 4.69) is 10.2 Å². The summed E-state index contributed by atoms with van der Waals surface area (Å²) < 4.78 is 10.9. The Morgan fingerprint density at radius 1 is 1.17 bits per heavy atom. The molecule has 1 N–H and O–H groups in total. The zero-order valence-electron chi connectivity index (χ0n) is 16.1. The Morgan fingerprint density at radius 2 is 1.83 bits per heavy atom. The van der Waals surface area contributed by atoms with Crippen molar-refractivity contribution in [2.75, 3.05) is 33.3 Å². The maximum atomic E-state index is 12.9. The Morgan fingerprint density at radius 3 is 2.48 bits per heavy atom. The van der Waals surface area contributed by atoms with Gasteiger partial charge in [-0.25, -0.2) is 0 Å². The number of carbonyl (C=O) groups is 3. The van der Waals surface area contributed by atoms with Gasteiger partial charge in [-0.05, 0) is 32.0 Å². The van der Waals surface area contributed by atoms with Gasteiger partial charge in [-0.15, -0.1) is 12.4 Å². The van der Waals surface area contributed by atoms with E-state index < -0.39 is 12.2 Å². The largest absolute Gasteiger partial charge is 0.455 e. The highest BCUT2D eigenvalue weighted by Gasteiger charge is 2.40. The van der Waals surface area contributed by atoms with E-state index in [9.17, 15) is 14.4 Å². The molecule has 0 aromatic heterocycles. The van der Waals surface area contributed by atoms with E-state index in [0.29, 0.717) is 17.7 Å². The molecule has 154 valence electrons. The van der Waals surface area contributed by atoms with Crippen molar-refractivity contribution in [2.24, 2.45) is 0 Å². The number of nitrogens with zero attached hydrogens (tertiary/aromatic N) is 1. The summed E-state index contributed by atoms with van der Waals surface area (Å²) in [5.41, 5.74) is 0.947. The van der Waals surface area contributed by atoms with Crippen molar-refractivity contribution in [3.8, 4) is 0 Å². The predicted octanol–water partition coefficient (Wildman–Crippen LogP) is 1.88. The number of halogens is 1. The van der Waals surface area contributed by atoms with Crippen molar-refractivity contribution in [1.29, 1.82) is 0 Å². The summed E-state index contributed by atoms with van der Waals surface area (Å²) in [6.45, 7) is 3.35. The molecule has 2 heterocycles. The molecule has 0 saturated carbocycles. The second-order valence-electron chi connectivity index (χ2n) is 7.03. The molecule has 0 bridgehead atoms. The first-order valence-corrected chi connectivity index (χ1v) is 9.44. The summed E-state index contributed by atoms with van der Waals surface area (Å²) in [4.78, 5) is 40.6. The number of fused-ring (bicyclic) bond motifs is 1. The van der Waals surface area contributed by atoms with E-state index in [1.54, 1.807) is 24.3 Å². The van der Waals surface area contributed by atoms with Crippen LogP contribution in [0.25, 0.3) is 0 Å². The van der Waals surface area contributed by atoms with E-state index >= 15 is 0 Å². The second-order valence-corrected chi connectivity index (χ2v) is 7.03. The number of nitrogens with one attached hydrogen (secondary N) is 1. The van der Waals surface area contributed by atoms with Crippen molar-refractivity contribution in [3.63, 3.8) is 0 Å². The highest BCUT2D eigenvalue weighted by Crippen LogP contribution is 2.34. The van der Waals surface area contributed by atoms with Crippen molar-refractivity contribution >= 4 is 29.9 Å². The van der Waals surface area contributed by atoms with Crippen LogP contribution in [0.4, 0.5) is 0 Å². The van der Waals surface area contributed by atoms with Gasteiger partial charge >= 0.3 is 0 Å². The first-order chi connectivity index (χ1) is 13.6. The van der Waals surface area contributed by atoms with E-state index in [0.717, 1.165) is 19.6 Å². The smallest absolute Gasteiger partial charge is 0.286 e. The van der Waals surface area contributed by atoms with Gasteiger partial charge in [0.1, 0.15) is 0 Å². The first-order valence-electron chi connectivity index (χ1n) is 9.44. The van der Waals surface area contributed by atoms with E-state index in [1.165, 1.54) is 26.0 Å². The predicted molar refractivity (Wildman–Crippen MR) is 108 cm³/mol. The highest BCUT2D eigenvalue weighted by atomic mass is 35.5. The molecule has 1 amide bonds. The van der Waals surface area contributed by atoms with Crippen LogP contribution in [0.3, 0.4) is 0 Å². The normalized spacial score (nSPS) is 21.0. The van der Waals surface area contributed by atoms with Crippen molar-refractivity contribution in [1.82, 2.24) is 10.2 Å². The van der Waals surface area contributed by atoms with E-state index in [-0.39, 0.29) is 40.9 Å². The van der Waals surface area contributed by atoms with Crippen LogP contribution in [0.2, 0.25) is 0 Å². The van der Waals surface area contributed by atoms with Crippen LogP contribution >= 0.6 is 12.4 Å². The molecule has 1 fully saturated rings. The summed E-state index contributed by atoms with van der Waals surface area (Å²) in [5, 5.41) is 2.82. The lowest BCUT2D eigenvalue weighted by Crippen LogP contribution is -2.39. The first kappa shape index (κ1) is 21.2. The SMILES string of the molecule is COC1OC(C(=O)NCCN2CCCC2)=CC2=C1C(=O)c1ccccc1C2=O.Cl. The molecule has 3 aliphatic rings. The number of methoxy groups -OCH3 is 1. The number of carbonyl (C=O) groups excluding carboxylic acids is 3. The fourth-order valence-corrected chi connectivity index (χ4v) is 3.84. The lowest BCUT2D eigenvalue weighted by molar-refractivity contribution is -0.128. The van der Waals surface area contributed by atoms with E-state index in [1.807, 2.05) is 0 Å². The van der Waals surface area contributed by atoms with Crippen LogP contribution < -0.4 is 5.32 Å². The molecule has 1 unspecified atom stereocenters. The number of ketones is 2. The van der Waals surface area contributed by atoms with Crippen LogP contribution in [-0.4, -0.2) is 62.0 Å². The molecule has 1 aliphatic carbocycles. The maximum Gasteiger partial charge on any atom is 0.286 e. The quantitative estimate of drug-likeness (QED) is 0.786. The number of allylic oxidation sites excluding steroid dienone is 2. The van der Waals surface area contributed by atoms with Gasteiger partial charge in [0.25, 0.3) is 5.91 Å². The minimum atomic E-state index is -1.09. The Kier molecular flexibility index (Phi) is 6.52. The fraction of sp³-hybridized carbons (Fsp3) is 0.381. The van der Waals surface area contributed by atoms with Gasteiger partial charge < -0.3 is 19.7 Å². The zero-order chi connectivity index (χ0) is 19.7. The zero-order valence-corrected chi connectivity index (χ0v) is 16.9. The van der Waals surface area contributed by atoms with Crippen LogP contribution in [0, 0.1) is 0 Å². The third-order valence-electron chi connectivity index (χ3n) is 5.29. The van der Waals surface area contributed by atoms with Gasteiger partial charge in [-0.2, -0.15) is 0 Å². The minimum Gasteiger partial charge on any atom is -0.455 e. The third kappa shape index (κ3) is 3.99. The topological polar surface area (TPSA) is 84.9 Å². The maximum absolute atomic E-state index is 12.9. The van der Waals surface area contributed by atoms with Gasteiger partial charge in [0.15, 0.2) is 17.3 Å². The Balaban J connectivity index is 0.00000240. The Bertz CT molecular complexity index is 902. The average Bonchev–Trinajstić information content (AvgIpc) is 3.24. The van der Waals surface area contributed by atoms with Gasteiger partial charge in [0, 0.05) is 36.9 Å². The summed E-state index contributed by atoms with van der Waals surface area (Å²) in [6, 6.07) is 6.63. The van der Waals surface area contributed by atoms with Crippen LogP contribution in [-0.2, 0) is 14.3 Å². The number of ether oxygens (including phenoxy) is 2. The van der Waals surface area contributed by atoms with Gasteiger partial charge in [0.05, 0.1) is 5.57 Å². The number of likely N-dealkylation sites (tertiary alicyclic amines) is 1. The fourth-order valence-electron chi connectivity index (χ4n) is 3.84. The van der Waals surface area contributed by atoms with Crippen LogP contribution in [0.5, 0.6) is 0 Å². The standard InChI is InChI=1S/C21H22N2O5.ClH/c1-27-21-17-15(18(24)13-6-2-3-7-14(13)19(17)25)12-16(28-21)20(26)22-8-11-23-9-4-5-10-23;/h2-3,6-7,12,21H,4-5,8-11H2,1H3,(H,22,26);1H. The molecular formula is C21H23ClN2O5. The molecule has 1 saturated heterocycles. The molecule has 4 rings (SSSR count). The van der Waals surface area contributed by atoms with E-state index in [4.69, 9.17) is 9.47 Å². The van der Waals surface area contributed by atoms with Crippen molar-refractivity contribution < 1.29 is 23.9 Å². The summed E-state index contributed by atoms with van der Waals surface area (Å²) in [7, 11) is 1.38. The minimum absolute atomic E-state index is 0. The molecule has 1 aromatic rings. The molecule has 7 nitrogen and oxygen atoms in total. The lowest BCUT2D eigenvalue weighted by Gasteiger charge is -2.29. The summed E-state index contributed by atoms with van der Waals surface area (Å²) >= 11 is 0. The number of Topliss-reactive ketones (excluding diaryl/α,β-unsaturated/α-hetero) is 2. The number of benzene rings is 1. The van der Waals surface area contributed by atoms with Gasteiger partial charge in [-0.3, -0.25) is 14.4 Å². The Hall–Kier alpha value is -2.48. The molecule has 2 aliphatic heterocycles.